The molecule has 0 radical (unpaired) electrons. The number of benzene rings is 1. The van der Waals surface area contributed by atoms with Crippen LogP contribution in [0.2, 0.25) is 0 Å². The molecule has 2 aliphatic rings. The standard InChI is InChI=1S/C23H34N2O3/c1-18(26)24-21-11-7-17-28-23(21)20-13-15-25(16-14-20)22(27)12-6-5-10-19-8-3-2-4-9-19/h2-4,8-9,20-21,23H,5-7,10-17H2,1H3,(H,24,26). The van der Waals surface area contributed by atoms with E-state index in [9.17, 15) is 9.59 Å². The highest BCUT2D eigenvalue weighted by Crippen LogP contribution is 2.29. The zero-order valence-electron chi connectivity index (χ0n) is 17.1. The van der Waals surface area contributed by atoms with Gasteiger partial charge in [0, 0.05) is 33.0 Å². The second-order valence-corrected chi connectivity index (χ2v) is 8.20. The van der Waals surface area contributed by atoms with Gasteiger partial charge in [-0.1, -0.05) is 30.3 Å². The van der Waals surface area contributed by atoms with Crippen LogP contribution in [0.1, 0.15) is 57.4 Å². The Morgan fingerprint density at radius 1 is 1.11 bits per heavy atom. The van der Waals surface area contributed by atoms with Crippen LogP contribution in [0.5, 0.6) is 0 Å². The first-order chi connectivity index (χ1) is 13.6. The van der Waals surface area contributed by atoms with Gasteiger partial charge in [0.2, 0.25) is 11.8 Å². The maximum Gasteiger partial charge on any atom is 0.222 e. The van der Waals surface area contributed by atoms with E-state index in [1.807, 2.05) is 11.0 Å². The highest BCUT2D eigenvalue weighted by Gasteiger charge is 2.36. The van der Waals surface area contributed by atoms with Crippen LogP contribution in [-0.4, -0.2) is 48.6 Å². The Hall–Kier alpha value is -1.88. The number of aryl methyl sites for hydroxylation is 1. The number of rotatable bonds is 7. The van der Waals surface area contributed by atoms with Crippen molar-refractivity contribution in [1.82, 2.24) is 10.2 Å². The third kappa shape index (κ3) is 6.06. The molecule has 2 amide bonds. The Labute approximate surface area is 168 Å². The van der Waals surface area contributed by atoms with E-state index in [0.717, 1.165) is 64.6 Å². The van der Waals surface area contributed by atoms with Crippen molar-refractivity contribution in [3.05, 3.63) is 35.9 Å². The molecule has 2 fully saturated rings. The van der Waals surface area contributed by atoms with E-state index >= 15 is 0 Å². The first-order valence-electron chi connectivity index (χ1n) is 10.8. The SMILES string of the molecule is CC(=O)NC1CCCOC1C1CCN(C(=O)CCCCc2ccccc2)CC1. The van der Waals surface area contributed by atoms with Gasteiger partial charge in [0.25, 0.3) is 0 Å². The summed E-state index contributed by atoms with van der Waals surface area (Å²) in [6.45, 7) is 3.98. The molecule has 5 nitrogen and oxygen atoms in total. The minimum absolute atomic E-state index is 0.0172. The van der Waals surface area contributed by atoms with Gasteiger partial charge in [-0.3, -0.25) is 9.59 Å². The summed E-state index contributed by atoms with van der Waals surface area (Å²) in [4.78, 5) is 26.0. The number of nitrogens with one attached hydrogen (secondary N) is 1. The summed E-state index contributed by atoms with van der Waals surface area (Å²) in [5.41, 5.74) is 1.34. The van der Waals surface area contributed by atoms with Gasteiger partial charge in [-0.05, 0) is 56.4 Å². The van der Waals surface area contributed by atoms with Crippen molar-refractivity contribution in [2.45, 2.75) is 70.4 Å². The maximum atomic E-state index is 12.5. The molecule has 2 atom stereocenters. The minimum Gasteiger partial charge on any atom is -0.376 e. The highest BCUT2D eigenvalue weighted by molar-refractivity contribution is 5.76. The van der Waals surface area contributed by atoms with Crippen LogP contribution in [0.3, 0.4) is 0 Å². The number of hydrogen-bond donors (Lipinski definition) is 1. The molecule has 1 aromatic rings. The van der Waals surface area contributed by atoms with E-state index in [-0.39, 0.29) is 24.0 Å². The minimum atomic E-state index is 0.0172. The number of nitrogens with zero attached hydrogens (tertiary/aromatic N) is 1. The Morgan fingerprint density at radius 3 is 2.57 bits per heavy atom. The van der Waals surface area contributed by atoms with Gasteiger partial charge in [0.1, 0.15) is 0 Å². The molecule has 28 heavy (non-hydrogen) atoms. The number of carbonyl (C=O) groups is 2. The summed E-state index contributed by atoms with van der Waals surface area (Å²) >= 11 is 0. The lowest BCUT2D eigenvalue weighted by Gasteiger charge is -2.41. The fraction of sp³-hybridized carbons (Fsp3) is 0.652. The fourth-order valence-electron chi connectivity index (χ4n) is 4.57. The van der Waals surface area contributed by atoms with Crippen molar-refractivity contribution in [3.8, 4) is 0 Å². The average molecular weight is 387 g/mol. The van der Waals surface area contributed by atoms with Gasteiger partial charge < -0.3 is 15.0 Å². The first-order valence-corrected chi connectivity index (χ1v) is 10.8. The number of unbranched alkanes of at least 4 members (excludes halogenated alkanes) is 1. The zero-order valence-corrected chi connectivity index (χ0v) is 17.1. The molecular formula is C23H34N2O3. The lowest BCUT2D eigenvalue weighted by atomic mass is 9.84. The molecule has 0 aliphatic carbocycles. The van der Waals surface area contributed by atoms with E-state index in [1.54, 1.807) is 6.92 Å². The summed E-state index contributed by atoms with van der Waals surface area (Å²) in [6, 6.07) is 10.6. The summed E-state index contributed by atoms with van der Waals surface area (Å²) in [5.74, 6) is 0.734. The predicted molar refractivity (Wildman–Crippen MR) is 110 cm³/mol. The van der Waals surface area contributed by atoms with E-state index in [2.05, 4.69) is 29.6 Å². The van der Waals surface area contributed by atoms with Crippen molar-refractivity contribution >= 4 is 11.8 Å². The van der Waals surface area contributed by atoms with E-state index in [4.69, 9.17) is 4.74 Å². The Morgan fingerprint density at radius 2 is 1.86 bits per heavy atom. The third-order valence-electron chi connectivity index (χ3n) is 6.06. The molecular weight excluding hydrogens is 352 g/mol. The quantitative estimate of drug-likeness (QED) is 0.732. The molecule has 0 bridgehead atoms. The Kier molecular flexibility index (Phi) is 7.90. The molecule has 1 aromatic carbocycles. The van der Waals surface area contributed by atoms with Crippen LogP contribution in [-0.2, 0) is 20.7 Å². The second kappa shape index (κ2) is 10.6. The van der Waals surface area contributed by atoms with Crippen LogP contribution in [0.25, 0.3) is 0 Å². The molecule has 3 rings (SSSR count). The van der Waals surface area contributed by atoms with E-state index in [0.29, 0.717) is 12.3 Å². The van der Waals surface area contributed by atoms with Crippen molar-refractivity contribution in [1.29, 1.82) is 0 Å². The Balaban J connectivity index is 1.38. The molecule has 2 unspecified atom stereocenters. The number of hydrogen-bond acceptors (Lipinski definition) is 3. The fourth-order valence-corrected chi connectivity index (χ4v) is 4.57. The monoisotopic (exact) mass is 386 g/mol. The van der Waals surface area contributed by atoms with Crippen LogP contribution < -0.4 is 5.32 Å². The summed E-state index contributed by atoms with van der Waals surface area (Å²) in [7, 11) is 0. The van der Waals surface area contributed by atoms with Crippen molar-refractivity contribution < 1.29 is 14.3 Å². The van der Waals surface area contributed by atoms with Gasteiger partial charge in [-0.15, -0.1) is 0 Å². The smallest absolute Gasteiger partial charge is 0.222 e. The molecule has 2 heterocycles. The predicted octanol–water partition coefficient (Wildman–Crippen LogP) is 3.32. The number of ether oxygens (including phenoxy) is 1. The topological polar surface area (TPSA) is 58.6 Å². The molecule has 1 N–H and O–H groups in total. The van der Waals surface area contributed by atoms with Crippen LogP contribution in [0.15, 0.2) is 30.3 Å². The molecule has 2 aliphatic heterocycles. The number of piperidine rings is 1. The summed E-state index contributed by atoms with van der Waals surface area (Å²) in [5, 5.41) is 3.07. The van der Waals surface area contributed by atoms with E-state index < -0.39 is 0 Å². The highest BCUT2D eigenvalue weighted by atomic mass is 16.5. The summed E-state index contributed by atoms with van der Waals surface area (Å²) in [6.07, 6.45) is 7.72. The maximum absolute atomic E-state index is 12.5. The molecule has 154 valence electrons. The van der Waals surface area contributed by atoms with Gasteiger partial charge in [-0.2, -0.15) is 0 Å². The second-order valence-electron chi connectivity index (χ2n) is 8.20. The van der Waals surface area contributed by atoms with Crippen molar-refractivity contribution in [2.75, 3.05) is 19.7 Å². The summed E-state index contributed by atoms with van der Waals surface area (Å²) < 4.78 is 6.03. The molecule has 0 aromatic heterocycles. The first kappa shape index (κ1) is 20.8. The van der Waals surface area contributed by atoms with Gasteiger partial charge in [0.15, 0.2) is 0 Å². The zero-order chi connectivity index (χ0) is 19.8. The normalized spacial score (nSPS) is 23.4. The lowest BCUT2D eigenvalue weighted by molar-refractivity contribution is -0.134. The lowest BCUT2D eigenvalue weighted by Crippen LogP contribution is -2.52. The molecule has 2 saturated heterocycles. The Bertz CT molecular complexity index is 626. The number of likely N-dealkylation sites (tertiary alicyclic amines) is 1. The van der Waals surface area contributed by atoms with Crippen molar-refractivity contribution in [2.24, 2.45) is 5.92 Å². The van der Waals surface area contributed by atoms with Gasteiger partial charge >= 0.3 is 0 Å². The molecule has 0 saturated carbocycles. The van der Waals surface area contributed by atoms with Crippen molar-refractivity contribution in [3.63, 3.8) is 0 Å². The van der Waals surface area contributed by atoms with Crippen LogP contribution in [0.4, 0.5) is 0 Å². The average Bonchev–Trinajstić information content (AvgIpc) is 2.72. The third-order valence-corrected chi connectivity index (χ3v) is 6.06. The van der Waals surface area contributed by atoms with E-state index in [1.165, 1.54) is 5.56 Å². The van der Waals surface area contributed by atoms with Crippen LogP contribution in [0, 0.1) is 5.92 Å². The number of amides is 2. The largest absolute Gasteiger partial charge is 0.376 e. The number of carbonyl (C=O) groups excluding carboxylic acids is 2. The van der Waals surface area contributed by atoms with Gasteiger partial charge in [0.05, 0.1) is 12.1 Å². The molecule has 0 spiro atoms. The van der Waals surface area contributed by atoms with Crippen LogP contribution >= 0.6 is 0 Å². The molecule has 5 heteroatoms. The van der Waals surface area contributed by atoms with Gasteiger partial charge in [-0.25, -0.2) is 0 Å².